The number of nitrogens with one attached hydrogen (secondary N) is 2. The third-order valence-corrected chi connectivity index (χ3v) is 6.20. The van der Waals surface area contributed by atoms with E-state index in [2.05, 4.69) is 10.6 Å². The number of amides is 2. The van der Waals surface area contributed by atoms with Crippen molar-refractivity contribution >= 4 is 21.8 Å². The topological polar surface area (TPSA) is 95.6 Å². The van der Waals surface area contributed by atoms with Gasteiger partial charge in [0.1, 0.15) is 0 Å². The molecule has 1 heterocycles. The second-order valence-corrected chi connectivity index (χ2v) is 8.03. The molecule has 2 rings (SSSR count). The van der Waals surface area contributed by atoms with E-state index >= 15 is 0 Å². The zero-order valence-electron chi connectivity index (χ0n) is 14.3. The Morgan fingerprint density at radius 2 is 1.88 bits per heavy atom. The van der Waals surface area contributed by atoms with Crippen molar-refractivity contribution in [2.45, 2.75) is 31.7 Å². The normalized spacial score (nSPS) is 21.5. The fourth-order valence-electron chi connectivity index (χ4n) is 3.05. The summed E-state index contributed by atoms with van der Waals surface area (Å²) in [7, 11) is -2.23. The highest BCUT2D eigenvalue weighted by molar-refractivity contribution is 7.89. The van der Waals surface area contributed by atoms with Gasteiger partial charge in [-0.25, -0.2) is 8.42 Å². The molecule has 0 unspecified atom stereocenters. The molecule has 1 saturated heterocycles. The summed E-state index contributed by atoms with van der Waals surface area (Å²) in [6.07, 6.45) is 0. The summed E-state index contributed by atoms with van der Waals surface area (Å²) in [5.41, 5.74) is 1.64. The number of aryl methyl sites for hydroxylation is 2. The molecule has 0 aliphatic carbocycles. The van der Waals surface area contributed by atoms with Crippen molar-refractivity contribution in [2.24, 2.45) is 5.92 Å². The van der Waals surface area contributed by atoms with Gasteiger partial charge in [-0.2, -0.15) is 4.31 Å². The molecule has 0 bridgehead atoms. The molecule has 0 saturated carbocycles. The Labute approximate surface area is 142 Å². The van der Waals surface area contributed by atoms with E-state index in [4.69, 9.17) is 0 Å². The van der Waals surface area contributed by atoms with Crippen LogP contribution in [0.25, 0.3) is 0 Å². The summed E-state index contributed by atoms with van der Waals surface area (Å²) < 4.78 is 27.1. The van der Waals surface area contributed by atoms with E-state index in [1.54, 1.807) is 19.1 Å². The summed E-state index contributed by atoms with van der Waals surface area (Å²) in [5, 5.41) is 5.21. The van der Waals surface area contributed by atoms with E-state index in [0.29, 0.717) is 5.56 Å². The van der Waals surface area contributed by atoms with Gasteiger partial charge in [0.25, 0.3) is 0 Å². The number of carbonyl (C=O) groups is 2. The lowest BCUT2D eigenvalue weighted by molar-refractivity contribution is -0.125. The van der Waals surface area contributed by atoms with Crippen LogP contribution in [0.1, 0.15) is 18.1 Å². The van der Waals surface area contributed by atoms with Crippen molar-refractivity contribution in [1.82, 2.24) is 14.9 Å². The van der Waals surface area contributed by atoms with E-state index in [1.165, 1.54) is 18.3 Å². The van der Waals surface area contributed by atoms with Crippen LogP contribution in [0.5, 0.6) is 0 Å². The van der Waals surface area contributed by atoms with Crippen LogP contribution in [-0.2, 0) is 19.6 Å². The van der Waals surface area contributed by atoms with Gasteiger partial charge in [0.2, 0.25) is 21.8 Å². The van der Waals surface area contributed by atoms with Crippen LogP contribution in [0.2, 0.25) is 0 Å². The number of hydrogen-bond donors (Lipinski definition) is 2. The van der Waals surface area contributed by atoms with Crippen molar-refractivity contribution in [3.8, 4) is 0 Å². The molecular weight excluding hydrogens is 330 g/mol. The minimum atomic E-state index is -3.73. The Balaban J connectivity index is 2.34. The van der Waals surface area contributed by atoms with Gasteiger partial charge in [-0.3, -0.25) is 9.59 Å². The smallest absolute Gasteiger partial charge is 0.243 e. The number of rotatable bonds is 4. The van der Waals surface area contributed by atoms with E-state index in [9.17, 15) is 18.0 Å². The summed E-state index contributed by atoms with van der Waals surface area (Å²) in [5.74, 6) is -1.19. The maximum Gasteiger partial charge on any atom is 0.243 e. The van der Waals surface area contributed by atoms with E-state index in [-0.39, 0.29) is 29.8 Å². The number of carbonyl (C=O) groups excluding carboxylic acids is 2. The highest BCUT2D eigenvalue weighted by atomic mass is 32.2. The number of sulfonamides is 1. The second-order valence-electron chi connectivity index (χ2n) is 6.12. The molecule has 0 radical (unpaired) electrons. The molecule has 2 amide bonds. The van der Waals surface area contributed by atoms with Gasteiger partial charge >= 0.3 is 0 Å². The summed E-state index contributed by atoms with van der Waals surface area (Å²) in [4.78, 5) is 23.6. The number of nitrogens with zero attached hydrogens (tertiary/aromatic N) is 1. The molecular formula is C16H23N3O4S. The highest BCUT2D eigenvalue weighted by Crippen LogP contribution is 2.27. The first-order chi connectivity index (χ1) is 11.2. The second kappa shape index (κ2) is 6.90. The Hall–Kier alpha value is -1.93. The standard InChI is InChI=1S/C16H23N3O4S/c1-10-5-6-15(11(2)7-10)24(22,23)19-8-13(16(21)17-4)14(9-19)18-12(3)20/h5-7,13-14H,8-9H2,1-4H3,(H,17,21)(H,18,20)/t13-,14-/m0/s1. The SMILES string of the molecule is CNC(=O)[C@H]1CN(S(=O)(=O)c2ccc(C)cc2C)C[C@@H]1NC(C)=O. The Morgan fingerprint density at radius 3 is 2.42 bits per heavy atom. The molecule has 0 spiro atoms. The average Bonchev–Trinajstić information content (AvgIpc) is 2.89. The first kappa shape index (κ1) is 18.4. The van der Waals surface area contributed by atoms with Gasteiger partial charge < -0.3 is 10.6 Å². The Morgan fingerprint density at radius 1 is 1.21 bits per heavy atom. The molecule has 0 aromatic heterocycles. The quantitative estimate of drug-likeness (QED) is 0.807. The maximum absolute atomic E-state index is 12.9. The van der Waals surface area contributed by atoms with Gasteiger partial charge in [0.15, 0.2) is 0 Å². The van der Waals surface area contributed by atoms with Gasteiger partial charge in [0.05, 0.1) is 16.9 Å². The molecule has 8 heteroatoms. The molecule has 132 valence electrons. The fourth-order valence-corrected chi connectivity index (χ4v) is 4.75. The molecule has 2 N–H and O–H groups in total. The van der Waals surface area contributed by atoms with Crippen molar-refractivity contribution in [3.63, 3.8) is 0 Å². The monoisotopic (exact) mass is 353 g/mol. The average molecular weight is 353 g/mol. The van der Waals surface area contributed by atoms with E-state index in [0.717, 1.165) is 5.56 Å². The number of benzene rings is 1. The number of hydrogen-bond acceptors (Lipinski definition) is 4. The highest BCUT2D eigenvalue weighted by Gasteiger charge is 2.43. The van der Waals surface area contributed by atoms with Crippen molar-refractivity contribution < 1.29 is 18.0 Å². The van der Waals surface area contributed by atoms with Crippen LogP contribution < -0.4 is 10.6 Å². The first-order valence-electron chi connectivity index (χ1n) is 7.73. The third-order valence-electron chi connectivity index (χ3n) is 4.21. The van der Waals surface area contributed by atoms with Crippen LogP contribution in [0.3, 0.4) is 0 Å². The van der Waals surface area contributed by atoms with Gasteiger partial charge in [-0.1, -0.05) is 17.7 Å². The first-order valence-corrected chi connectivity index (χ1v) is 9.17. The zero-order valence-corrected chi connectivity index (χ0v) is 15.1. The van der Waals surface area contributed by atoms with Crippen molar-refractivity contribution in [2.75, 3.05) is 20.1 Å². The van der Waals surface area contributed by atoms with E-state index in [1.807, 2.05) is 13.0 Å². The van der Waals surface area contributed by atoms with Gasteiger partial charge in [-0.15, -0.1) is 0 Å². The van der Waals surface area contributed by atoms with Gasteiger partial charge in [-0.05, 0) is 25.5 Å². The largest absolute Gasteiger partial charge is 0.359 e. The molecule has 1 aliphatic rings. The lowest BCUT2D eigenvalue weighted by Crippen LogP contribution is -2.44. The van der Waals surface area contributed by atoms with Crippen LogP contribution in [-0.4, -0.2) is 50.7 Å². The lowest BCUT2D eigenvalue weighted by atomic mass is 10.0. The van der Waals surface area contributed by atoms with Crippen LogP contribution in [0.4, 0.5) is 0 Å². The Bertz CT molecular complexity index is 761. The minimum absolute atomic E-state index is 0.0419. The summed E-state index contributed by atoms with van der Waals surface area (Å²) in [6.45, 7) is 5.11. The van der Waals surface area contributed by atoms with Crippen LogP contribution in [0.15, 0.2) is 23.1 Å². The summed E-state index contributed by atoms with van der Waals surface area (Å²) >= 11 is 0. The molecule has 24 heavy (non-hydrogen) atoms. The van der Waals surface area contributed by atoms with E-state index < -0.39 is 22.0 Å². The van der Waals surface area contributed by atoms with Crippen molar-refractivity contribution in [1.29, 1.82) is 0 Å². The maximum atomic E-state index is 12.9. The zero-order chi connectivity index (χ0) is 18.1. The molecule has 1 aromatic rings. The molecule has 1 fully saturated rings. The van der Waals surface area contributed by atoms with Gasteiger partial charge in [0, 0.05) is 27.1 Å². The van der Waals surface area contributed by atoms with Crippen molar-refractivity contribution in [3.05, 3.63) is 29.3 Å². The lowest BCUT2D eigenvalue weighted by Gasteiger charge is -2.18. The molecule has 2 atom stereocenters. The van der Waals surface area contributed by atoms with Crippen LogP contribution in [0, 0.1) is 19.8 Å². The predicted octanol–water partition coefficient (Wildman–Crippen LogP) is 0.175. The Kier molecular flexibility index (Phi) is 5.29. The molecule has 1 aromatic carbocycles. The van der Waals surface area contributed by atoms with Crippen LogP contribution >= 0.6 is 0 Å². The fraction of sp³-hybridized carbons (Fsp3) is 0.500. The molecule has 1 aliphatic heterocycles. The molecule has 7 nitrogen and oxygen atoms in total. The summed E-state index contributed by atoms with van der Waals surface area (Å²) in [6, 6.07) is 4.60. The minimum Gasteiger partial charge on any atom is -0.359 e. The third kappa shape index (κ3) is 3.59. The predicted molar refractivity (Wildman–Crippen MR) is 89.8 cm³/mol.